The summed E-state index contributed by atoms with van der Waals surface area (Å²) in [5.74, 6) is -0.124. The molecule has 3 nitrogen and oxygen atoms in total. The molecule has 0 aliphatic carbocycles. The summed E-state index contributed by atoms with van der Waals surface area (Å²) in [5, 5.41) is 3.09. The average Bonchev–Trinajstić information content (AvgIpc) is 2.87. The van der Waals surface area contributed by atoms with Gasteiger partial charge in [0.2, 0.25) is 5.91 Å². The largest absolute Gasteiger partial charge is 0.342 e. The van der Waals surface area contributed by atoms with Crippen molar-refractivity contribution in [1.82, 2.24) is 10.2 Å². The summed E-state index contributed by atoms with van der Waals surface area (Å²) in [7, 11) is 0. The quantitative estimate of drug-likeness (QED) is 0.925. The van der Waals surface area contributed by atoms with Crippen LogP contribution in [0.3, 0.4) is 0 Å². The van der Waals surface area contributed by atoms with Crippen LogP contribution in [0.5, 0.6) is 0 Å². The van der Waals surface area contributed by atoms with Gasteiger partial charge >= 0.3 is 0 Å². The van der Waals surface area contributed by atoms with Gasteiger partial charge in [-0.25, -0.2) is 4.39 Å². The Bertz CT molecular complexity index is 433. The number of likely N-dealkylation sites (tertiary alicyclic amines) is 1. The molecule has 1 fully saturated rings. The van der Waals surface area contributed by atoms with E-state index in [1.165, 1.54) is 6.07 Å². The summed E-state index contributed by atoms with van der Waals surface area (Å²) in [5.41, 5.74) is 0.956. The van der Waals surface area contributed by atoms with Gasteiger partial charge in [-0.1, -0.05) is 6.07 Å². The Kier molecular flexibility index (Phi) is 4.72. The molecule has 0 bridgehead atoms. The Morgan fingerprint density at radius 3 is 2.78 bits per heavy atom. The SMILES string of the molecule is O=C(CNCc1ccc(F)c(Br)c1)N1CCCC1. The molecule has 5 heteroatoms. The minimum atomic E-state index is -0.271. The van der Waals surface area contributed by atoms with E-state index in [-0.39, 0.29) is 11.7 Å². The molecule has 1 amide bonds. The van der Waals surface area contributed by atoms with Crippen molar-refractivity contribution >= 4 is 21.8 Å². The number of amides is 1. The van der Waals surface area contributed by atoms with Crippen molar-refractivity contribution in [3.63, 3.8) is 0 Å². The molecule has 2 rings (SSSR count). The average molecular weight is 315 g/mol. The van der Waals surface area contributed by atoms with Gasteiger partial charge in [-0.3, -0.25) is 4.79 Å². The number of halogens is 2. The van der Waals surface area contributed by atoms with Crippen LogP contribution in [0.15, 0.2) is 22.7 Å². The third-order valence-corrected chi connectivity index (χ3v) is 3.66. The topological polar surface area (TPSA) is 32.3 Å². The predicted molar refractivity (Wildman–Crippen MR) is 71.6 cm³/mol. The number of carbonyl (C=O) groups excluding carboxylic acids is 1. The number of nitrogens with one attached hydrogen (secondary N) is 1. The number of nitrogens with zero attached hydrogens (tertiary/aromatic N) is 1. The molecule has 1 saturated heterocycles. The molecule has 18 heavy (non-hydrogen) atoms. The van der Waals surface area contributed by atoms with Crippen molar-refractivity contribution in [3.05, 3.63) is 34.1 Å². The highest BCUT2D eigenvalue weighted by molar-refractivity contribution is 9.10. The van der Waals surface area contributed by atoms with Gasteiger partial charge in [0.05, 0.1) is 11.0 Å². The van der Waals surface area contributed by atoms with Crippen LogP contribution in [0.1, 0.15) is 18.4 Å². The van der Waals surface area contributed by atoms with Gasteiger partial charge in [-0.15, -0.1) is 0 Å². The molecule has 1 aromatic rings. The van der Waals surface area contributed by atoms with Crippen molar-refractivity contribution < 1.29 is 9.18 Å². The smallest absolute Gasteiger partial charge is 0.236 e. The number of benzene rings is 1. The number of rotatable bonds is 4. The van der Waals surface area contributed by atoms with E-state index in [4.69, 9.17) is 0 Å². The van der Waals surface area contributed by atoms with E-state index in [2.05, 4.69) is 21.2 Å². The van der Waals surface area contributed by atoms with Crippen molar-refractivity contribution in [2.75, 3.05) is 19.6 Å². The van der Waals surface area contributed by atoms with Gasteiger partial charge in [0, 0.05) is 19.6 Å². The minimum absolute atomic E-state index is 0.147. The van der Waals surface area contributed by atoms with E-state index < -0.39 is 0 Å². The summed E-state index contributed by atoms with van der Waals surface area (Å²) < 4.78 is 13.5. The zero-order valence-electron chi connectivity index (χ0n) is 10.1. The molecule has 1 aromatic carbocycles. The van der Waals surface area contributed by atoms with Crippen LogP contribution in [0.25, 0.3) is 0 Å². The third kappa shape index (κ3) is 3.53. The fourth-order valence-electron chi connectivity index (χ4n) is 2.04. The lowest BCUT2D eigenvalue weighted by molar-refractivity contribution is -0.129. The van der Waals surface area contributed by atoms with Crippen LogP contribution in [-0.4, -0.2) is 30.4 Å². The maximum atomic E-state index is 13.0. The molecular formula is C13H16BrFN2O. The number of hydrogen-bond acceptors (Lipinski definition) is 2. The second-order valence-electron chi connectivity index (χ2n) is 4.44. The molecule has 1 heterocycles. The normalized spacial score (nSPS) is 15.1. The Labute approximate surface area is 114 Å². The standard InChI is InChI=1S/C13H16BrFN2O/c14-11-7-10(3-4-12(11)15)8-16-9-13(18)17-5-1-2-6-17/h3-4,7,16H,1-2,5-6,8-9H2. The molecule has 1 aliphatic heterocycles. The van der Waals surface area contributed by atoms with Gasteiger partial charge in [-0.2, -0.15) is 0 Å². The summed E-state index contributed by atoms with van der Waals surface area (Å²) >= 11 is 3.14. The first-order valence-corrected chi connectivity index (χ1v) is 6.88. The Morgan fingerprint density at radius 2 is 2.11 bits per heavy atom. The Balaban J connectivity index is 1.77. The molecule has 0 unspecified atom stereocenters. The molecule has 0 radical (unpaired) electrons. The van der Waals surface area contributed by atoms with E-state index in [1.54, 1.807) is 12.1 Å². The van der Waals surface area contributed by atoms with Crippen molar-refractivity contribution in [2.45, 2.75) is 19.4 Å². The monoisotopic (exact) mass is 314 g/mol. The molecule has 0 spiro atoms. The van der Waals surface area contributed by atoms with Crippen LogP contribution in [0.2, 0.25) is 0 Å². The van der Waals surface area contributed by atoms with Crippen LogP contribution in [0, 0.1) is 5.82 Å². The summed E-state index contributed by atoms with van der Waals surface area (Å²) in [6.07, 6.45) is 2.22. The Morgan fingerprint density at radius 1 is 1.39 bits per heavy atom. The predicted octanol–water partition coefficient (Wildman–Crippen LogP) is 2.30. The second-order valence-corrected chi connectivity index (χ2v) is 5.29. The fourth-order valence-corrected chi connectivity index (χ4v) is 2.47. The first-order valence-electron chi connectivity index (χ1n) is 6.09. The van der Waals surface area contributed by atoms with Crippen LogP contribution in [0.4, 0.5) is 4.39 Å². The van der Waals surface area contributed by atoms with Gasteiger partial charge < -0.3 is 10.2 Å². The van der Waals surface area contributed by atoms with Crippen molar-refractivity contribution in [1.29, 1.82) is 0 Å². The lowest BCUT2D eigenvalue weighted by atomic mass is 10.2. The zero-order chi connectivity index (χ0) is 13.0. The molecular weight excluding hydrogens is 299 g/mol. The van der Waals surface area contributed by atoms with E-state index >= 15 is 0 Å². The number of hydrogen-bond donors (Lipinski definition) is 1. The fraction of sp³-hybridized carbons (Fsp3) is 0.462. The summed E-state index contributed by atoms with van der Waals surface area (Å²) in [6, 6.07) is 4.86. The first-order chi connectivity index (χ1) is 8.66. The molecule has 1 N–H and O–H groups in total. The molecule has 0 atom stereocenters. The van der Waals surface area contributed by atoms with Crippen LogP contribution in [-0.2, 0) is 11.3 Å². The minimum Gasteiger partial charge on any atom is -0.342 e. The second kappa shape index (κ2) is 6.29. The van der Waals surface area contributed by atoms with Gasteiger partial charge in [0.1, 0.15) is 5.82 Å². The highest BCUT2D eigenvalue weighted by atomic mass is 79.9. The highest BCUT2D eigenvalue weighted by Crippen LogP contribution is 2.16. The molecule has 98 valence electrons. The maximum Gasteiger partial charge on any atom is 0.236 e. The lowest BCUT2D eigenvalue weighted by Crippen LogP contribution is -2.35. The highest BCUT2D eigenvalue weighted by Gasteiger charge is 2.16. The molecule has 1 aliphatic rings. The zero-order valence-corrected chi connectivity index (χ0v) is 11.7. The van der Waals surface area contributed by atoms with Crippen molar-refractivity contribution in [3.8, 4) is 0 Å². The summed E-state index contributed by atoms with van der Waals surface area (Å²) in [6.45, 7) is 2.67. The van der Waals surface area contributed by atoms with E-state index in [0.29, 0.717) is 17.6 Å². The Hall–Kier alpha value is -0.940. The number of carbonyl (C=O) groups is 1. The van der Waals surface area contributed by atoms with Gasteiger partial charge in [0.25, 0.3) is 0 Å². The lowest BCUT2D eigenvalue weighted by Gasteiger charge is -2.15. The molecule has 0 saturated carbocycles. The van der Waals surface area contributed by atoms with E-state index in [1.807, 2.05) is 4.90 Å². The molecule has 0 aromatic heterocycles. The van der Waals surface area contributed by atoms with Crippen LogP contribution < -0.4 is 5.32 Å². The van der Waals surface area contributed by atoms with E-state index in [9.17, 15) is 9.18 Å². The summed E-state index contributed by atoms with van der Waals surface area (Å²) in [4.78, 5) is 13.6. The van der Waals surface area contributed by atoms with Crippen LogP contribution >= 0.6 is 15.9 Å². The third-order valence-electron chi connectivity index (χ3n) is 3.05. The van der Waals surface area contributed by atoms with E-state index in [0.717, 1.165) is 31.5 Å². The van der Waals surface area contributed by atoms with Gasteiger partial charge in [-0.05, 0) is 46.5 Å². The van der Waals surface area contributed by atoms with Gasteiger partial charge in [0.15, 0.2) is 0 Å². The van der Waals surface area contributed by atoms with Crippen molar-refractivity contribution in [2.24, 2.45) is 0 Å². The first kappa shape index (κ1) is 13.5. The maximum absolute atomic E-state index is 13.0.